The summed E-state index contributed by atoms with van der Waals surface area (Å²) in [7, 11) is 3.12. The molecule has 2 aliphatic rings. The van der Waals surface area contributed by atoms with E-state index < -0.39 is 0 Å². The van der Waals surface area contributed by atoms with Gasteiger partial charge in [-0.3, -0.25) is 4.79 Å². The van der Waals surface area contributed by atoms with E-state index in [0.717, 1.165) is 5.69 Å². The van der Waals surface area contributed by atoms with Gasteiger partial charge in [0.05, 0.1) is 25.7 Å². The zero-order valence-corrected chi connectivity index (χ0v) is 16.5. The highest BCUT2D eigenvalue weighted by molar-refractivity contribution is 5.96. The number of amides is 1. The van der Waals surface area contributed by atoms with Crippen LogP contribution in [0.3, 0.4) is 0 Å². The predicted molar refractivity (Wildman–Crippen MR) is 105 cm³/mol. The van der Waals surface area contributed by atoms with Crippen molar-refractivity contribution in [3.63, 3.8) is 0 Å². The summed E-state index contributed by atoms with van der Waals surface area (Å²) < 4.78 is 27.0. The van der Waals surface area contributed by atoms with Crippen LogP contribution in [0.15, 0.2) is 40.9 Å². The van der Waals surface area contributed by atoms with Gasteiger partial charge in [0.2, 0.25) is 24.4 Å². The number of para-hydroxylation sites is 1. The molecule has 0 bridgehead atoms. The Bertz CT molecular complexity index is 1110. The van der Waals surface area contributed by atoms with Crippen molar-refractivity contribution in [1.29, 1.82) is 0 Å². The van der Waals surface area contributed by atoms with Gasteiger partial charge in [-0.05, 0) is 24.3 Å². The number of fused-ring (bicyclic) bond motifs is 1. The molecule has 0 unspecified atom stereocenters. The number of carbonyl (C=O) groups is 1. The summed E-state index contributed by atoms with van der Waals surface area (Å²) in [6.45, 7) is 0.628. The molecular weight excluding hydrogens is 390 g/mol. The van der Waals surface area contributed by atoms with Crippen LogP contribution in [-0.2, 0) is 4.79 Å². The first-order chi connectivity index (χ1) is 14.7. The summed E-state index contributed by atoms with van der Waals surface area (Å²) in [6, 6.07) is 10.9. The molecule has 1 aromatic heterocycles. The van der Waals surface area contributed by atoms with Gasteiger partial charge in [0.1, 0.15) is 0 Å². The van der Waals surface area contributed by atoms with Crippen LogP contribution in [-0.4, -0.2) is 43.6 Å². The van der Waals surface area contributed by atoms with Crippen LogP contribution in [0.1, 0.15) is 18.2 Å². The summed E-state index contributed by atoms with van der Waals surface area (Å²) in [4.78, 5) is 18.9. The van der Waals surface area contributed by atoms with Crippen LogP contribution in [0, 0.1) is 0 Å². The predicted octanol–water partition coefficient (Wildman–Crippen LogP) is 3.00. The van der Waals surface area contributed by atoms with Crippen molar-refractivity contribution in [3.8, 4) is 34.4 Å². The van der Waals surface area contributed by atoms with Crippen molar-refractivity contribution >= 4 is 11.6 Å². The van der Waals surface area contributed by atoms with Gasteiger partial charge in [0, 0.05) is 24.7 Å². The lowest BCUT2D eigenvalue weighted by Gasteiger charge is -2.16. The van der Waals surface area contributed by atoms with Gasteiger partial charge in [0.25, 0.3) is 0 Å². The molecule has 0 aliphatic carbocycles. The molecule has 0 spiro atoms. The van der Waals surface area contributed by atoms with Gasteiger partial charge in [-0.1, -0.05) is 11.2 Å². The molecule has 0 radical (unpaired) electrons. The van der Waals surface area contributed by atoms with E-state index in [2.05, 4.69) is 10.1 Å². The van der Waals surface area contributed by atoms with Crippen LogP contribution in [0.4, 0.5) is 5.69 Å². The molecule has 3 aromatic rings. The first-order valence-corrected chi connectivity index (χ1v) is 9.43. The third kappa shape index (κ3) is 2.99. The zero-order chi connectivity index (χ0) is 20.7. The Kier molecular flexibility index (Phi) is 4.42. The van der Waals surface area contributed by atoms with Crippen molar-refractivity contribution in [1.82, 2.24) is 10.1 Å². The Hall–Kier alpha value is -3.75. The van der Waals surface area contributed by atoms with E-state index in [1.54, 1.807) is 31.3 Å². The number of anilines is 1. The zero-order valence-electron chi connectivity index (χ0n) is 16.5. The standard InChI is InChI=1S/C21H19N3O6/c1-26-16-5-3-4-14(19(16)27-2)20-22-21(30-23-20)12-8-18(25)24(10-12)13-6-7-15-17(9-13)29-11-28-15/h3-7,9,12H,8,10-11H2,1-2H3/t12-/m0/s1. The molecule has 3 heterocycles. The van der Waals surface area contributed by atoms with Crippen molar-refractivity contribution in [2.24, 2.45) is 0 Å². The fourth-order valence-electron chi connectivity index (χ4n) is 3.75. The normalized spacial score (nSPS) is 17.5. The fraction of sp³-hybridized carbons (Fsp3) is 0.286. The largest absolute Gasteiger partial charge is 0.493 e. The van der Waals surface area contributed by atoms with Gasteiger partial charge < -0.3 is 28.4 Å². The fourth-order valence-corrected chi connectivity index (χ4v) is 3.75. The number of hydrogen-bond donors (Lipinski definition) is 0. The number of hydrogen-bond acceptors (Lipinski definition) is 8. The molecule has 9 heteroatoms. The van der Waals surface area contributed by atoms with Crippen LogP contribution in [0.5, 0.6) is 23.0 Å². The lowest BCUT2D eigenvalue weighted by molar-refractivity contribution is -0.117. The van der Waals surface area contributed by atoms with Gasteiger partial charge >= 0.3 is 0 Å². The first-order valence-electron chi connectivity index (χ1n) is 9.43. The molecule has 5 rings (SSSR count). The third-order valence-electron chi connectivity index (χ3n) is 5.23. The molecular formula is C21H19N3O6. The molecule has 0 saturated carbocycles. The maximum atomic E-state index is 12.6. The SMILES string of the molecule is COc1cccc(-c2noc([C@H]3CC(=O)N(c4ccc5c(c4)OCO5)C3)n2)c1OC. The molecule has 9 nitrogen and oxygen atoms in total. The van der Waals surface area contributed by atoms with Crippen LogP contribution >= 0.6 is 0 Å². The highest BCUT2D eigenvalue weighted by Crippen LogP contribution is 2.40. The monoisotopic (exact) mass is 409 g/mol. The highest BCUT2D eigenvalue weighted by Gasteiger charge is 2.36. The number of rotatable bonds is 5. The van der Waals surface area contributed by atoms with Gasteiger partial charge in [0.15, 0.2) is 23.0 Å². The summed E-state index contributed by atoms with van der Waals surface area (Å²) in [5, 5.41) is 4.10. The van der Waals surface area contributed by atoms with E-state index in [1.165, 1.54) is 0 Å². The van der Waals surface area contributed by atoms with E-state index >= 15 is 0 Å². The number of ether oxygens (including phenoxy) is 4. The second kappa shape index (κ2) is 7.25. The Labute approximate surface area is 172 Å². The van der Waals surface area contributed by atoms with Crippen molar-refractivity contribution in [2.45, 2.75) is 12.3 Å². The second-order valence-electron chi connectivity index (χ2n) is 6.94. The van der Waals surface area contributed by atoms with Gasteiger partial charge in [-0.25, -0.2) is 0 Å². The Morgan fingerprint density at radius 2 is 1.97 bits per heavy atom. The molecule has 1 saturated heterocycles. The molecule has 1 atom stereocenters. The number of carbonyl (C=O) groups excluding carboxylic acids is 1. The number of methoxy groups -OCH3 is 2. The molecule has 0 N–H and O–H groups in total. The Morgan fingerprint density at radius 1 is 1.10 bits per heavy atom. The molecule has 30 heavy (non-hydrogen) atoms. The number of benzene rings is 2. The number of aromatic nitrogens is 2. The summed E-state index contributed by atoms with van der Waals surface area (Å²) in [5.41, 5.74) is 1.41. The lowest BCUT2D eigenvalue weighted by atomic mass is 10.1. The molecule has 1 amide bonds. The summed E-state index contributed by atoms with van der Waals surface area (Å²) >= 11 is 0. The minimum absolute atomic E-state index is 0.0161. The molecule has 154 valence electrons. The van der Waals surface area contributed by atoms with E-state index in [1.807, 2.05) is 24.3 Å². The molecule has 1 fully saturated rings. The minimum Gasteiger partial charge on any atom is -0.493 e. The van der Waals surface area contributed by atoms with E-state index in [0.29, 0.717) is 46.8 Å². The van der Waals surface area contributed by atoms with E-state index in [4.69, 9.17) is 23.5 Å². The lowest BCUT2D eigenvalue weighted by Crippen LogP contribution is -2.24. The van der Waals surface area contributed by atoms with Gasteiger partial charge in [-0.15, -0.1) is 0 Å². The summed E-state index contributed by atoms with van der Waals surface area (Å²) in [6.07, 6.45) is 0.283. The van der Waals surface area contributed by atoms with Crippen molar-refractivity contribution < 1.29 is 28.3 Å². The average Bonchev–Trinajstić information content (AvgIpc) is 3.51. The maximum absolute atomic E-state index is 12.6. The molecule has 2 aliphatic heterocycles. The van der Waals surface area contributed by atoms with Crippen LogP contribution in [0.25, 0.3) is 11.4 Å². The summed E-state index contributed by atoms with van der Waals surface area (Å²) in [5.74, 6) is 2.98. The topological polar surface area (TPSA) is 96.2 Å². The minimum atomic E-state index is -0.208. The first kappa shape index (κ1) is 18.3. The smallest absolute Gasteiger partial charge is 0.232 e. The Morgan fingerprint density at radius 3 is 2.80 bits per heavy atom. The van der Waals surface area contributed by atoms with E-state index in [9.17, 15) is 4.79 Å². The Balaban J connectivity index is 1.39. The third-order valence-corrected chi connectivity index (χ3v) is 5.23. The van der Waals surface area contributed by atoms with Crippen LogP contribution in [0.2, 0.25) is 0 Å². The van der Waals surface area contributed by atoms with Crippen molar-refractivity contribution in [2.75, 3.05) is 32.5 Å². The quantitative estimate of drug-likeness (QED) is 0.635. The van der Waals surface area contributed by atoms with Crippen molar-refractivity contribution in [3.05, 3.63) is 42.3 Å². The highest BCUT2D eigenvalue weighted by atomic mass is 16.7. The second-order valence-corrected chi connectivity index (χ2v) is 6.94. The van der Waals surface area contributed by atoms with E-state index in [-0.39, 0.29) is 25.0 Å². The average molecular weight is 409 g/mol. The molecule has 2 aromatic carbocycles. The van der Waals surface area contributed by atoms with Gasteiger partial charge in [-0.2, -0.15) is 4.98 Å². The maximum Gasteiger partial charge on any atom is 0.232 e. The number of nitrogens with zero attached hydrogens (tertiary/aromatic N) is 3. The van der Waals surface area contributed by atoms with Crippen LogP contribution < -0.4 is 23.8 Å².